The molecule has 0 N–H and O–H groups in total. The van der Waals surface area contributed by atoms with E-state index in [9.17, 15) is 0 Å². The van der Waals surface area contributed by atoms with E-state index in [4.69, 9.17) is 4.42 Å². The van der Waals surface area contributed by atoms with Gasteiger partial charge in [0, 0.05) is 33.8 Å². The van der Waals surface area contributed by atoms with Crippen molar-refractivity contribution in [3.05, 3.63) is 294 Å². The first-order chi connectivity index (χ1) is 35.5. The van der Waals surface area contributed by atoms with Crippen LogP contribution in [0.2, 0.25) is 0 Å². The number of anilines is 3. The molecular weight excluding hydrogens is 871 g/mol. The molecule has 12 rings (SSSR count). The molecule has 0 bridgehead atoms. The highest BCUT2D eigenvalue weighted by molar-refractivity contribution is 6.12. The van der Waals surface area contributed by atoms with Crippen LogP contribution in [0.15, 0.2) is 265 Å². The Morgan fingerprint density at radius 2 is 0.708 bits per heavy atom. The monoisotopic (exact) mass is 923 g/mol. The Morgan fingerprint density at radius 1 is 0.292 bits per heavy atom. The minimum absolute atomic E-state index is 0.0968. The molecule has 2 nitrogen and oxygen atoms in total. The highest BCUT2D eigenvalue weighted by Crippen LogP contribution is 2.48. The normalized spacial score (nSPS) is 11.4. The summed E-state index contributed by atoms with van der Waals surface area (Å²) in [6.07, 6.45) is 0. The molecule has 0 aliphatic carbocycles. The Bertz CT molecular complexity index is 3810. The van der Waals surface area contributed by atoms with E-state index in [1.54, 1.807) is 0 Å². The second-order valence-corrected chi connectivity index (χ2v) is 18.9. The van der Waals surface area contributed by atoms with Gasteiger partial charge in [-0.05, 0) is 164 Å². The van der Waals surface area contributed by atoms with Crippen molar-refractivity contribution in [2.45, 2.75) is 26.7 Å². The van der Waals surface area contributed by atoms with Crippen LogP contribution in [0.4, 0.5) is 17.1 Å². The Labute approximate surface area is 422 Å². The van der Waals surface area contributed by atoms with Crippen molar-refractivity contribution in [2.75, 3.05) is 4.90 Å². The number of rotatable bonds is 11. The molecule has 344 valence electrons. The van der Waals surface area contributed by atoms with Gasteiger partial charge in [-0.3, -0.25) is 0 Å². The summed E-state index contributed by atoms with van der Waals surface area (Å²) in [7, 11) is 0. The SMILES string of the molecule is Cc1ccccc1-c1ccccc1C(c1ccccc1-c1ccccc1C)c1ccc(-c2ccc(N(c3ccccc3)c3ccc(-c4cccc5oc6ccccc6c45)cc3)cc2)cc1-c1ccccc1C. The molecular formula is C70H53NO. The molecule has 0 saturated heterocycles. The van der Waals surface area contributed by atoms with E-state index in [0.717, 1.165) is 55.7 Å². The van der Waals surface area contributed by atoms with Crippen LogP contribution in [0.3, 0.4) is 0 Å². The maximum atomic E-state index is 6.26. The zero-order valence-corrected chi connectivity index (χ0v) is 40.8. The van der Waals surface area contributed by atoms with Gasteiger partial charge in [0.25, 0.3) is 0 Å². The number of hydrogen-bond donors (Lipinski definition) is 0. The lowest BCUT2D eigenvalue weighted by molar-refractivity contribution is 0.669. The second-order valence-electron chi connectivity index (χ2n) is 18.9. The van der Waals surface area contributed by atoms with Crippen molar-refractivity contribution in [3.63, 3.8) is 0 Å². The van der Waals surface area contributed by atoms with Crippen molar-refractivity contribution in [1.29, 1.82) is 0 Å². The van der Waals surface area contributed by atoms with Crippen LogP contribution in [-0.4, -0.2) is 0 Å². The summed E-state index contributed by atoms with van der Waals surface area (Å²) in [6.45, 7) is 6.69. The highest BCUT2D eigenvalue weighted by atomic mass is 16.3. The summed E-state index contributed by atoms with van der Waals surface area (Å²) in [5.74, 6) is -0.0968. The Hall–Kier alpha value is -8.98. The van der Waals surface area contributed by atoms with E-state index < -0.39 is 0 Å². The van der Waals surface area contributed by atoms with Gasteiger partial charge in [0.2, 0.25) is 0 Å². The predicted octanol–water partition coefficient (Wildman–Crippen LogP) is 19.5. The number of aryl methyl sites for hydroxylation is 3. The Kier molecular flexibility index (Phi) is 11.7. The summed E-state index contributed by atoms with van der Waals surface area (Å²) in [5.41, 5.74) is 24.7. The summed E-state index contributed by atoms with van der Waals surface area (Å²) in [6, 6.07) is 95.0. The van der Waals surface area contributed by atoms with Crippen LogP contribution < -0.4 is 4.90 Å². The van der Waals surface area contributed by atoms with Crippen molar-refractivity contribution in [2.24, 2.45) is 0 Å². The molecule has 1 heterocycles. The molecule has 0 aliphatic rings. The fraction of sp³-hybridized carbons (Fsp3) is 0.0571. The number of benzene rings is 11. The first-order valence-electron chi connectivity index (χ1n) is 24.9. The topological polar surface area (TPSA) is 16.4 Å². The lowest BCUT2D eigenvalue weighted by Crippen LogP contribution is -2.10. The highest BCUT2D eigenvalue weighted by Gasteiger charge is 2.28. The van der Waals surface area contributed by atoms with E-state index >= 15 is 0 Å². The van der Waals surface area contributed by atoms with E-state index in [1.165, 1.54) is 72.3 Å². The Morgan fingerprint density at radius 3 is 1.29 bits per heavy atom. The largest absolute Gasteiger partial charge is 0.456 e. The van der Waals surface area contributed by atoms with Crippen LogP contribution in [0.5, 0.6) is 0 Å². The number of fused-ring (bicyclic) bond motifs is 3. The molecule has 11 aromatic carbocycles. The van der Waals surface area contributed by atoms with Crippen LogP contribution >= 0.6 is 0 Å². The van der Waals surface area contributed by atoms with Crippen molar-refractivity contribution < 1.29 is 4.42 Å². The van der Waals surface area contributed by atoms with Crippen molar-refractivity contribution in [3.8, 4) is 55.6 Å². The molecule has 0 atom stereocenters. The zero-order chi connectivity index (χ0) is 48.5. The maximum Gasteiger partial charge on any atom is 0.136 e. The number of nitrogens with zero attached hydrogens (tertiary/aromatic N) is 1. The van der Waals surface area contributed by atoms with Gasteiger partial charge in [-0.1, -0.05) is 206 Å². The summed E-state index contributed by atoms with van der Waals surface area (Å²) in [5, 5.41) is 2.27. The average Bonchev–Trinajstić information content (AvgIpc) is 3.82. The molecule has 0 unspecified atom stereocenters. The summed E-state index contributed by atoms with van der Waals surface area (Å²) < 4.78 is 6.26. The third-order valence-corrected chi connectivity index (χ3v) is 14.5. The lowest BCUT2D eigenvalue weighted by Gasteiger charge is -2.28. The fourth-order valence-electron chi connectivity index (χ4n) is 11.0. The van der Waals surface area contributed by atoms with Gasteiger partial charge in [-0.2, -0.15) is 0 Å². The molecule has 0 fully saturated rings. The molecule has 0 radical (unpaired) electrons. The number of hydrogen-bond acceptors (Lipinski definition) is 2. The van der Waals surface area contributed by atoms with Crippen molar-refractivity contribution >= 4 is 39.0 Å². The van der Waals surface area contributed by atoms with Gasteiger partial charge in [0.15, 0.2) is 0 Å². The van der Waals surface area contributed by atoms with Crippen LogP contribution in [-0.2, 0) is 0 Å². The summed E-state index contributed by atoms with van der Waals surface area (Å²) in [4.78, 5) is 2.34. The van der Waals surface area contributed by atoms with Gasteiger partial charge >= 0.3 is 0 Å². The third-order valence-electron chi connectivity index (χ3n) is 14.5. The molecule has 0 amide bonds. The molecule has 2 heteroatoms. The van der Waals surface area contributed by atoms with Gasteiger partial charge in [-0.25, -0.2) is 0 Å². The first kappa shape index (κ1) is 44.2. The van der Waals surface area contributed by atoms with Crippen LogP contribution in [0.1, 0.15) is 39.3 Å². The minimum Gasteiger partial charge on any atom is -0.456 e. The van der Waals surface area contributed by atoms with E-state index in [2.05, 4.69) is 274 Å². The molecule has 0 spiro atoms. The fourth-order valence-corrected chi connectivity index (χ4v) is 11.0. The average molecular weight is 924 g/mol. The lowest BCUT2D eigenvalue weighted by atomic mass is 9.75. The second kappa shape index (κ2) is 19.1. The smallest absolute Gasteiger partial charge is 0.136 e. The summed E-state index contributed by atoms with van der Waals surface area (Å²) >= 11 is 0. The van der Waals surface area contributed by atoms with Gasteiger partial charge in [-0.15, -0.1) is 0 Å². The number of furan rings is 1. The zero-order valence-electron chi connectivity index (χ0n) is 40.8. The molecule has 72 heavy (non-hydrogen) atoms. The maximum absolute atomic E-state index is 6.26. The van der Waals surface area contributed by atoms with Crippen LogP contribution in [0, 0.1) is 20.8 Å². The quantitative estimate of drug-likeness (QED) is 0.120. The van der Waals surface area contributed by atoms with E-state index in [0.29, 0.717) is 0 Å². The first-order valence-corrected chi connectivity index (χ1v) is 24.9. The van der Waals surface area contributed by atoms with Crippen LogP contribution in [0.25, 0.3) is 77.6 Å². The van der Waals surface area contributed by atoms with Crippen molar-refractivity contribution in [1.82, 2.24) is 0 Å². The van der Waals surface area contributed by atoms with E-state index in [1.807, 2.05) is 12.1 Å². The molecule has 0 saturated carbocycles. The van der Waals surface area contributed by atoms with E-state index in [-0.39, 0.29) is 5.92 Å². The number of para-hydroxylation sites is 2. The standard InChI is InChI=1S/C70H53NO/c1-47-20-7-10-25-56(47)60-28-13-15-30-62(60)69(63-31-16-14-29-61(63)57-26-11-8-21-48(57)2)64-45-40-52(46-66(64)58-27-12-9-22-49(58)3)50-36-41-54(42-37-50)71(53-23-5-4-6-24-53)55-43-38-51(39-44-55)59-33-19-35-68-70(59)65-32-17-18-34-67(65)72-68/h4-46,69H,1-3H3. The molecule has 12 aromatic rings. The molecule has 0 aliphatic heterocycles. The minimum atomic E-state index is -0.0968. The van der Waals surface area contributed by atoms with Gasteiger partial charge in [0.05, 0.1) is 0 Å². The molecule has 1 aromatic heterocycles. The van der Waals surface area contributed by atoms with Gasteiger partial charge in [0.1, 0.15) is 11.2 Å². The van der Waals surface area contributed by atoms with Gasteiger partial charge < -0.3 is 9.32 Å². The third kappa shape index (κ3) is 8.17. The predicted molar refractivity (Wildman–Crippen MR) is 304 cm³/mol. The Balaban J connectivity index is 0.981.